The van der Waals surface area contributed by atoms with Gasteiger partial charge in [-0.05, 0) is 49.4 Å². The molecule has 0 aliphatic rings. The first-order chi connectivity index (χ1) is 9.02. The Hall–Kier alpha value is -1.09. The zero-order valence-corrected chi connectivity index (χ0v) is 12.2. The summed E-state index contributed by atoms with van der Waals surface area (Å²) in [6.45, 7) is 1.93. The van der Waals surface area contributed by atoms with Gasteiger partial charge >= 0.3 is 0 Å². The Morgan fingerprint density at radius 3 is 2.47 bits per heavy atom. The van der Waals surface area contributed by atoms with E-state index in [1.165, 1.54) is 12.1 Å². The van der Waals surface area contributed by atoms with Gasteiger partial charge in [-0.25, -0.2) is 4.39 Å². The van der Waals surface area contributed by atoms with Crippen LogP contribution in [0.25, 0.3) is 0 Å². The van der Waals surface area contributed by atoms with Crippen molar-refractivity contribution >= 4 is 23.2 Å². The molecule has 0 saturated heterocycles. The highest BCUT2D eigenvalue weighted by atomic mass is 35.5. The van der Waals surface area contributed by atoms with Crippen molar-refractivity contribution in [1.82, 2.24) is 5.32 Å². The van der Waals surface area contributed by atoms with Gasteiger partial charge in [-0.1, -0.05) is 35.3 Å². The van der Waals surface area contributed by atoms with E-state index in [9.17, 15) is 4.39 Å². The number of rotatable bonds is 3. The van der Waals surface area contributed by atoms with E-state index in [2.05, 4.69) is 5.32 Å². The van der Waals surface area contributed by atoms with Crippen LogP contribution in [0.3, 0.4) is 0 Å². The fourth-order valence-corrected chi connectivity index (χ4v) is 2.40. The molecule has 0 radical (unpaired) electrons. The molecule has 1 N–H and O–H groups in total. The first kappa shape index (κ1) is 14.3. The maximum absolute atomic E-state index is 13.9. The number of hydrogen-bond acceptors (Lipinski definition) is 1. The van der Waals surface area contributed by atoms with E-state index in [4.69, 9.17) is 23.2 Å². The molecule has 4 heteroatoms. The molecule has 0 heterocycles. The van der Waals surface area contributed by atoms with Gasteiger partial charge in [0, 0.05) is 15.6 Å². The number of aryl methyl sites for hydroxylation is 1. The topological polar surface area (TPSA) is 12.0 Å². The maximum Gasteiger partial charge on any atom is 0.128 e. The minimum Gasteiger partial charge on any atom is -0.309 e. The molecule has 2 aromatic carbocycles. The molecule has 0 bridgehead atoms. The second kappa shape index (κ2) is 5.91. The monoisotopic (exact) mass is 297 g/mol. The standard InChI is InChI=1S/C15H14Cl2FN/c1-9-3-4-10(7-13(9)17)15(19-2)12-8-11(16)5-6-14(12)18/h3-8,15,19H,1-2H3. The first-order valence-corrected chi connectivity index (χ1v) is 6.66. The molecule has 2 aromatic rings. The van der Waals surface area contributed by atoms with Crippen molar-refractivity contribution in [3.63, 3.8) is 0 Å². The molecule has 19 heavy (non-hydrogen) atoms. The van der Waals surface area contributed by atoms with E-state index >= 15 is 0 Å². The van der Waals surface area contributed by atoms with Gasteiger partial charge in [0.25, 0.3) is 0 Å². The fraction of sp³-hybridized carbons (Fsp3) is 0.200. The summed E-state index contributed by atoms with van der Waals surface area (Å²) in [5.41, 5.74) is 2.40. The molecular formula is C15H14Cl2FN. The average molecular weight is 298 g/mol. The molecule has 0 aliphatic carbocycles. The van der Waals surface area contributed by atoms with E-state index < -0.39 is 0 Å². The highest BCUT2D eigenvalue weighted by molar-refractivity contribution is 6.31. The number of halogens is 3. The quantitative estimate of drug-likeness (QED) is 0.862. The van der Waals surface area contributed by atoms with Crippen molar-refractivity contribution in [3.8, 4) is 0 Å². The normalized spacial score (nSPS) is 12.5. The van der Waals surface area contributed by atoms with Crippen molar-refractivity contribution in [2.45, 2.75) is 13.0 Å². The average Bonchev–Trinajstić information content (AvgIpc) is 2.38. The Labute approximate surface area is 122 Å². The van der Waals surface area contributed by atoms with Crippen LogP contribution in [0.5, 0.6) is 0 Å². The third-order valence-corrected chi connectivity index (χ3v) is 3.73. The zero-order chi connectivity index (χ0) is 14.0. The van der Waals surface area contributed by atoms with Crippen LogP contribution in [-0.4, -0.2) is 7.05 Å². The molecule has 0 aromatic heterocycles. The van der Waals surface area contributed by atoms with Gasteiger partial charge in [0.15, 0.2) is 0 Å². The molecule has 0 fully saturated rings. The minimum absolute atomic E-state index is 0.281. The van der Waals surface area contributed by atoms with Crippen LogP contribution in [0.15, 0.2) is 36.4 Å². The Morgan fingerprint density at radius 1 is 1.11 bits per heavy atom. The molecule has 1 unspecified atom stereocenters. The highest BCUT2D eigenvalue weighted by Gasteiger charge is 2.17. The molecule has 0 spiro atoms. The molecule has 2 rings (SSSR count). The SMILES string of the molecule is CNC(c1ccc(C)c(Cl)c1)c1cc(Cl)ccc1F. The van der Waals surface area contributed by atoms with Crippen LogP contribution in [-0.2, 0) is 0 Å². The van der Waals surface area contributed by atoms with Gasteiger partial charge in [0.05, 0.1) is 6.04 Å². The lowest BCUT2D eigenvalue weighted by molar-refractivity contribution is 0.576. The predicted octanol–water partition coefficient (Wildman–Crippen LogP) is 4.75. The summed E-state index contributed by atoms with van der Waals surface area (Å²) in [4.78, 5) is 0. The summed E-state index contributed by atoms with van der Waals surface area (Å²) in [6.07, 6.45) is 0. The van der Waals surface area contributed by atoms with Gasteiger partial charge in [-0.3, -0.25) is 0 Å². The Morgan fingerprint density at radius 2 is 1.84 bits per heavy atom. The van der Waals surface area contributed by atoms with Gasteiger partial charge in [0.2, 0.25) is 0 Å². The predicted molar refractivity (Wildman–Crippen MR) is 78.5 cm³/mol. The number of hydrogen-bond donors (Lipinski definition) is 1. The third-order valence-electron chi connectivity index (χ3n) is 3.09. The summed E-state index contributed by atoms with van der Waals surface area (Å²) in [6, 6.07) is 9.96. The highest BCUT2D eigenvalue weighted by Crippen LogP contribution is 2.29. The molecule has 0 saturated carbocycles. The molecule has 1 atom stereocenters. The number of nitrogens with one attached hydrogen (secondary N) is 1. The fourth-order valence-electron chi connectivity index (χ4n) is 2.03. The van der Waals surface area contributed by atoms with Crippen molar-refractivity contribution in [2.24, 2.45) is 0 Å². The lowest BCUT2D eigenvalue weighted by Gasteiger charge is -2.19. The summed E-state index contributed by atoms with van der Waals surface area (Å²) in [5, 5.41) is 4.27. The van der Waals surface area contributed by atoms with Crippen LogP contribution in [0.2, 0.25) is 10.0 Å². The first-order valence-electron chi connectivity index (χ1n) is 5.91. The third kappa shape index (κ3) is 3.08. The summed E-state index contributed by atoms with van der Waals surface area (Å²) < 4.78 is 13.9. The van der Waals surface area contributed by atoms with Crippen LogP contribution in [0.1, 0.15) is 22.7 Å². The Kier molecular flexibility index (Phi) is 4.46. The Bertz CT molecular complexity index is 599. The van der Waals surface area contributed by atoms with Crippen LogP contribution >= 0.6 is 23.2 Å². The van der Waals surface area contributed by atoms with Crippen molar-refractivity contribution in [3.05, 3.63) is 69.0 Å². The van der Waals surface area contributed by atoms with E-state index in [0.717, 1.165) is 11.1 Å². The largest absolute Gasteiger partial charge is 0.309 e. The second-order valence-corrected chi connectivity index (χ2v) is 5.24. The lowest BCUT2D eigenvalue weighted by Crippen LogP contribution is -2.19. The smallest absolute Gasteiger partial charge is 0.128 e. The van der Waals surface area contributed by atoms with E-state index in [0.29, 0.717) is 15.6 Å². The van der Waals surface area contributed by atoms with Crippen molar-refractivity contribution < 1.29 is 4.39 Å². The van der Waals surface area contributed by atoms with Gasteiger partial charge in [0.1, 0.15) is 5.82 Å². The molecule has 100 valence electrons. The van der Waals surface area contributed by atoms with E-state index in [1.54, 1.807) is 13.1 Å². The summed E-state index contributed by atoms with van der Waals surface area (Å²) in [5.74, 6) is -0.291. The molecule has 1 nitrogen and oxygen atoms in total. The van der Waals surface area contributed by atoms with Crippen LogP contribution in [0.4, 0.5) is 4.39 Å². The van der Waals surface area contributed by atoms with Crippen LogP contribution < -0.4 is 5.32 Å². The number of benzene rings is 2. The van der Waals surface area contributed by atoms with Crippen molar-refractivity contribution in [1.29, 1.82) is 0 Å². The maximum atomic E-state index is 13.9. The minimum atomic E-state index is -0.291. The van der Waals surface area contributed by atoms with E-state index in [1.807, 2.05) is 25.1 Å². The lowest BCUT2D eigenvalue weighted by atomic mass is 9.97. The van der Waals surface area contributed by atoms with Crippen molar-refractivity contribution in [2.75, 3.05) is 7.05 Å². The zero-order valence-electron chi connectivity index (χ0n) is 10.7. The second-order valence-electron chi connectivity index (χ2n) is 4.40. The van der Waals surface area contributed by atoms with Gasteiger partial charge < -0.3 is 5.32 Å². The van der Waals surface area contributed by atoms with Crippen LogP contribution in [0, 0.1) is 12.7 Å². The Balaban J connectivity index is 2.49. The summed E-state index contributed by atoms with van der Waals surface area (Å²) in [7, 11) is 1.78. The molecule has 0 aliphatic heterocycles. The summed E-state index contributed by atoms with van der Waals surface area (Å²) >= 11 is 12.1. The molecule has 0 amide bonds. The molecular weight excluding hydrogens is 284 g/mol. The van der Waals surface area contributed by atoms with Gasteiger partial charge in [-0.15, -0.1) is 0 Å². The van der Waals surface area contributed by atoms with E-state index in [-0.39, 0.29) is 11.9 Å². The van der Waals surface area contributed by atoms with Gasteiger partial charge in [-0.2, -0.15) is 0 Å².